The minimum Gasteiger partial charge on any atom is -0.497 e. The van der Waals surface area contributed by atoms with E-state index in [2.05, 4.69) is 10.6 Å². The van der Waals surface area contributed by atoms with Gasteiger partial charge in [0.1, 0.15) is 11.9 Å². The molecule has 1 heterocycles. The molecule has 5 nitrogen and oxygen atoms in total. The average Bonchev–Trinajstić information content (AvgIpc) is 2.46. The van der Waals surface area contributed by atoms with E-state index in [4.69, 9.17) is 9.47 Å². The van der Waals surface area contributed by atoms with Crippen molar-refractivity contribution in [3.05, 3.63) is 30.5 Å². The Morgan fingerprint density at radius 1 is 1.50 bits per heavy atom. The zero-order chi connectivity index (χ0) is 14.4. The Kier molecular flexibility index (Phi) is 4.87. The van der Waals surface area contributed by atoms with E-state index in [1.54, 1.807) is 13.4 Å². The standard InChI is InChI=1S/C15H20N2O3/c1-11(18)17-14-7-6-12(9-15(14)19-2)16-10-13-5-3-4-8-20-13/h4,6-9,13,16H,3,5,10H2,1-2H3,(H,17,18). The van der Waals surface area contributed by atoms with Crippen LogP contribution in [0.1, 0.15) is 19.8 Å². The first-order valence-electron chi connectivity index (χ1n) is 6.69. The number of allylic oxidation sites excluding steroid dienone is 1. The van der Waals surface area contributed by atoms with E-state index in [9.17, 15) is 4.79 Å². The highest BCUT2D eigenvalue weighted by Gasteiger charge is 2.11. The summed E-state index contributed by atoms with van der Waals surface area (Å²) in [5.41, 5.74) is 1.61. The molecule has 0 fully saturated rings. The van der Waals surface area contributed by atoms with Crippen LogP contribution in [-0.2, 0) is 9.53 Å². The minimum atomic E-state index is -0.119. The van der Waals surface area contributed by atoms with E-state index in [1.165, 1.54) is 6.92 Å². The van der Waals surface area contributed by atoms with Crippen LogP contribution in [-0.4, -0.2) is 25.7 Å². The second kappa shape index (κ2) is 6.84. The van der Waals surface area contributed by atoms with Gasteiger partial charge in [0.2, 0.25) is 5.91 Å². The number of rotatable bonds is 5. The van der Waals surface area contributed by atoms with Crippen LogP contribution in [0.2, 0.25) is 0 Å². The summed E-state index contributed by atoms with van der Waals surface area (Å²) >= 11 is 0. The number of nitrogens with one attached hydrogen (secondary N) is 2. The molecular weight excluding hydrogens is 256 g/mol. The summed E-state index contributed by atoms with van der Waals surface area (Å²) in [7, 11) is 1.58. The van der Waals surface area contributed by atoms with Crippen molar-refractivity contribution in [3.8, 4) is 5.75 Å². The molecule has 1 aliphatic heterocycles. The Morgan fingerprint density at radius 3 is 3.00 bits per heavy atom. The van der Waals surface area contributed by atoms with Crippen LogP contribution in [0.5, 0.6) is 5.75 Å². The van der Waals surface area contributed by atoms with Gasteiger partial charge in [0.15, 0.2) is 0 Å². The Labute approximate surface area is 119 Å². The van der Waals surface area contributed by atoms with Crippen molar-refractivity contribution in [1.29, 1.82) is 0 Å². The molecule has 5 heteroatoms. The van der Waals surface area contributed by atoms with Crippen molar-refractivity contribution < 1.29 is 14.3 Å². The molecule has 0 saturated heterocycles. The predicted octanol–water partition coefficient (Wildman–Crippen LogP) is 2.76. The van der Waals surface area contributed by atoms with Crippen LogP contribution in [0, 0.1) is 0 Å². The fraction of sp³-hybridized carbons (Fsp3) is 0.400. The van der Waals surface area contributed by atoms with Crippen molar-refractivity contribution in [1.82, 2.24) is 0 Å². The summed E-state index contributed by atoms with van der Waals surface area (Å²) in [5.74, 6) is 0.515. The first-order chi connectivity index (χ1) is 9.69. The zero-order valence-corrected chi connectivity index (χ0v) is 11.8. The summed E-state index contributed by atoms with van der Waals surface area (Å²) in [6, 6.07) is 5.60. The molecule has 0 aromatic heterocycles. The molecule has 1 unspecified atom stereocenters. The minimum absolute atomic E-state index is 0.119. The maximum atomic E-state index is 11.1. The Morgan fingerprint density at radius 2 is 2.35 bits per heavy atom. The third kappa shape index (κ3) is 3.91. The molecule has 20 heavy (non-hydrogen) atoms. The number of hydrogen-bond donors (Lipinski definition) is 2. The van der Waals surface area contributed by atoms with Gasteiger partial charge in [0, 0.05) is 18.7 Å². The second-order valence-corrected chi connectivity index (χ2v) is 4.68. The quantitative estimate of drug-likeness (QED) is 0.868. The van der Waals surface area contributed by atoms with E-state index in [0.717, 1.165) is 25.1 Å². The largest absolute Gasteiger partial charge is 0.497 e. The molecule has 1 aromatic carbocycles. The van der Waals surface area contributed by atoms with Crippen LogP contribution >= 0.6 is 0 Å². The summed E-state index contributed by atoms with van der Waals surface area (Å²) in [5, 5.41) is 6.05. The zero-order valence-electron chi connectivity index (χ0n) is 11.8. The predicted molar refractivity (Wildman–Crippen MR) is 79.0 cm³/mol. The maximum Gasteiger partial charge on any atom is 0.221 e. The number of benzene rings is 1. The van der Waals surface area contributed by atoms with Crippen molar-refractivity contribution in [3.63, 3.8) is 0 Å². The topological polar surface area (TPSA) is 59.6 Å². The van der Waals surface area contributed by atoms with Gasteiger partial charge in [-0.3, -0.25) is 4.79 Å². The van der Waals surface area contributed by atoms with Gasteiger partial charge in [-0.05, 0) is 31.1 Å². The van der Waals surface area contributed by atoms with E-state index in [-0.39, 0.29) is 12.0 Å². The van der Waals surface area contributed by atoms with Crippen molar-refractivity contribution >= 4 is 17.3 Å². The molecule has 0 bridgehead atoms. The van der Waals surface area contributed by atoms with Gasteiger partial charge in [-0.1, -0.05) is 0 Å². The molecule has 1 aromatic rings. The van der Waals surface area contributed by atoms with Gasteiger partial charge >= 0.3 is 0 Å². The molecule has 0 saturated carbocycles. The molecular formula is C15H20N2O3. The van der Waals surface area contributed by atoms with Crippen LogP contribution in [0.3, 0.4) is 0 Å². The maximum absolute atomic E-state index is 11.1. The van der Waals surface area contributed by atoms with Crippen LogP contribution in [0.4, 0.5) is 11.4 Å². The molecule has 0 spiro atoms. The molecule has 108 valence electrons. The highest BCUT2D eigenvalue weighted by Crippen LogP contribution is 2.28. The molecule has 0 radical (unpaired) electrons. The number of methoxy groups -OCH3 is 1. The lowest BCUT2D eigenvalue weighted by Gasteiger charge is -2.20. The molecule has 2 rings (SSSR count). The highest BCUT2D eigenvalue weighted by molar-refractivity contribution is 5.90. The first-order valence-corrected chi connectivity index (χ1v) is 6.69. The SMILES string of the molecule is COc1cc(NCC2CCC=CO2)ccc1NC(C)=O. The Hall–Kier alpha value is -2.17. The fourth-order valence-corrected chi connectivity index (χ4v) is 2.06. The van der Waals surface area contributed by atoms with Gasteiger partial charge in [-0.2, -0.15) is 0 Å². The average molecular weight is 276 g/mol. The smallest absolute Gasteiger partial charge is 0.221 e. The molecule has 1 amide bonds. The number of carbonyl (C=O) groups excluding carboxylic acids is 1. The fourth-order valence-electron chi connectivity index (χ4n) is 2.06. The highest BCUT2D eigenvalue weighted by atomic mass is 16.5. The van der Waals surface area contributed by atoms with Gasteiger partial charge in [-0.25, -0.2) is 0 Å². The van der Waals surface area contributed by atoms with Crippen LogP contribution < -0.4 is 15.4 Å². The van der Waals surface area contributed by atoms with E-state index in [1.807, 2.05) is 24.3 Å². The number of hydrogen-bond acceptors (Lipinski definition) is 4. The van der Waals surface area contributed by atoms with Gasteiger partial charge in [-0.15, -0.1) is 0 Å². The first kappa shape index (κ1) is 14.2. The molecule has 1 atom stereocenters. The van der Waals surface area contributed by atoms with Crippen molar-refractivity contribution in [2.75, 3.05) is 24.3 Å². The van der Waals surface area contributed by atoms with Crippen molar-refractivity contribution in [2.45, 2.75) is 25.9 Å². The molecule has 2 N–H and O–H groups in total. The third-order valence-corrected chi connectivity index (χ3v) is 3.07. The van der Waals surface area contributed by atoms with Crippen molar-refractivity contribution in [2.24, 2.45) is 0 Å². The van der Waals surface area contributed by atoms with Gasteiger partial charge in [0.25, 0.3) is 0 Å². The van der Waals surface area contributed by atoms with Gasteiger partial charge in [0.05, 0.1) is 25.6 Å². The van der Waals surface area contributed by atoms with Crippen LogP contribution in [0.25, 0.3) is 0 Å². The van der Waals surface area contributed by atoms with Crippen LogP contribution in [0.15, 0.2) is 30.5 Å². The second-order valence-electron chi connectivity index (χ2n) is 4.68. The summed E-state index contributed by atoms with van der Waals surface area (Å²) in [4.78, 5) is 11.1. The number of carbonyl (C=O) groups is 1. The monoisotopic (exact) mass is 276 g/mol. The van der Waals surface area contributed by atoms with Gasteiger partial charge < -0.3 is 20.1 Å². The number of anilines is 2. The van der Waals surface area contributed by atoms with E-state index in [0.29, 0.717) is 11.4 Å². The summed E-state index contributed by atoms with van der Waals surface area (Å²) in [6.07, 6.45) is 6.06. The lowest BCUT2D eigenvalue weighted by molar-refractivity contribution is -0.114. The molecule has 0 aliphatic carbocycles. The molecule has 1 aliphatic rings. The van der Waals surface area contributed by atoms with E-state index >= 15 is 0 Å². The lowest BCUT2D eigenvalue weighted by Crippen LogP contribution is -2.23. The number of amides is 1. The van der Waals surface area contributed by atoms with E-state index < -0.39 is 0 Å². The summed E-state index contributed by atoms with van der Waals surface area (Å²) in [6.45, 7) is 2.21. The Balaban J connectivity index is 1.98. The number of ether oxygens (including phenoxy) is 2. The third-order valence-electron chi connectivity index (χ3n) is 3.07. The summed E-state index contributed by atoms with van der Waals surface area (Å²) < 4.78 is 10.8. The normalized spacial score (nSPS) is 17.2. The lowest BCUT2D eigenvalue weighted by atomic mass is 10.1. The Bertz CT molecular complexity index is 500.